The summed E-state index contributed by atoms with van der Waals surface area (Å²) < 4.78 is 14.1. The van der Waals surface area contributed by atoms with Gasteiger partial charge in [-0.3, -0.25) is 9.59 Å². The van der Waals surface area contributed by atoms with Crippen LogP contribution in [0.15, 0.2) is 11.9 Å². The van der Waals surface area contributed by atoms with Gasteiger partial charge in [0.25, 0.3) is 5.91 Å². The Morgan fingerprint density at radius 1 is 1.30 bits per heavy atom. The average molecular weight is 282 g/mol. The monoisotopic (exact) mass is 282 g/mol. The second kappa shape index (κ2) is 6.86. The lowest BCUT2D eigenvalue weighted by Crippen LogP contribution is -2.45. The van der Waals surface area contributed by atoms with Gasteiger partial charge in [0.05, 0.1) is 0 Å². The molecule has 1 aliphatic heterocycles. The first-order valence-electron chi connectivity index (χ1n) is 7.55. The fourth-order valence-corrected chi connectivity index (χ4v) is 2.94. The van der Waals surface area contributed by atoms with E-state index in [2.05, 4.69) is 5.32 Å². The minimum Gasteiger partial charge on any atom is -0.354 e. The Balaban J connectivity index is 2.04. The van der Waals surface area contributed by atoms with Crippen LogP contribution in [0.2, 0.25) is 0 Å². The molecule has 0 unspecified atom stereocenters. The number of nitrogens with one attached hydrogen (secondary N) is 1. The number of hydrogen-bond donors (Lipinski definition) is 1. The molecule has 1 saturated heterocycles. The van der Waals surface area contributed by atoms with Gasteiger partial charge in [-0.05, 0) is 38.2 Å². The highest BCUT2D eigenvalue weighted by Crippen LogP contribution is 2.26. The number of hydrogen-bond acceptors (Lipinski definition) is 2. The summed E-state index contributed by atoms with van der Waals surface area (Å²) >= 11 is 0. The number of rotatable bonds is 2. The van der Waals surface area contributed by atoms with Crippen LogP contribution < -0.4 is 5.32 Å². The zero-order valence-electron chi connectivity index (χ0n) is 12.0. The maximum atomic E-state index is 14.1. The van der Waals surface area contributed by atoms with Crippen LogP contribution >= 0.6 is 0 Å². The average Bonchev–Trinajstić information content (AvgIpc) is 2.62. The number of nitrogens with zero attached hydrogens (tertiary/aromatic N) is 1. The molecule has 0 aromatic heterocycles. The van der Waals surface area contributed by atoms with Gasteiger partial charge in [-0.1, -0.05) is 19.3 Å². The Morgan fingerprint density at radius 3 is 2.70 bits per heavy atom. The molecule has 2 aliphatic rings. The van der Waals surface area contributed by atoms with Crippen LogP contribution in [-0.4, -0.2) is 35.8 Å². The van der Waals surface area contributed by atoms with Crippen LogP contribution in [0.3, 0.4) is 0 Å². The summed E-state index contributed by atoms with van der Waals surface area (Å²) in [4.78, 5) is 25.2. The molecular formula is C15H23FN2O2. The van der Waals surface area contributed by atoms with Gasteiger partial charge in [-0.25, -0.2) is 4.39 Å². The van der Waals surface area contributed by atoms with Crippen molar-refractivity contribution in [1.29, 1.82) is 0 Å². The standard InChI is InChI=1S/C15H23FN2O2/c1-11-14(19)17-8-5-9-18(11)15(20)13(16)10-12-6-3-2-4-7-12/h10-12H,2-9H2,1H3,(H,17,19)/b13-10+/t11-/m0/s1. The third-order valence-corrected chi connectivity index (χ3v) is 4.22. The molecule has 112 valence electrons. The van der Waals surface area contributed by atoms with Crippen LogP contribution in [0.1, 0.15) is 45.4 Å². The van der Waals surface area contributed by atoms with E-state index in [1.807, 2.05) is 0 Å². The Morgan fingerprint density at radius 2 is 2.00 bits per heavy atom. The number of amides is 2. The number of carbonyl (C=O) groups excluding carboxylic acids is 2. The van der Waals surface area contributed by atoms with Crippen molar-refractivity contribution in [2.75, 3.05) is 13.1 Å². The molecule has 1 saturated carbocycles. The molecule has 2 fully saturated rings. The summed E-state index contributed by atoms with van der Waals surface area (Å²) in [6.45, 7) is 2.61. The summed E-state index contributed by atoms with van der Waals surface area (Å²) in [7, 11) is 0. The molecule has 1 N–H and O–H groups in total. The lowest BCUT2D eigenvalue weighted by molar-refractivity contribution is -0.137. The van der Waals surface area contributed by atoms with Gasteiger partial charge >= 0.3 is 0 Å². The van der Waals surface area contributed by atoms with Crippen molar-refractivity contribution in [3.63, 3.8) is 0 Å². The second-order valence-corrected chi connectivity index (χ2v) is 5.73. The predicted molar refractivity (Wildman–Crippen MR) is 74.6 cm³/mol. The van der Waals surface area contributed by atoms with E-state index >= 15 is 0 Å². The first kappa shape index (κ1) is 15.0. The van der Waals surface area contributed by atoms with Gasteiger partial charge in [0, 0.05) is 13.1 Å². The van der Waals surface area contributed by atoms with Gasteiger partial charge in [0.1, 0.15) is 6.04 Å². The van der Waals surface area contributed by atoms with E-state index in [4.69, 9.17) is 0 Å². The van der Waals surface area contributed by atoms with E-state index < -0.39 is 17.8 Å². The Hall–Kier alpha value is -1.39. The van der Waals surface area contributed by atoms with Crippen molar-refractivity contribution in [2.45, 2.75) is 51.5 Å². The van der Waals surface area contributed by atoms with Crippen molar-refractivity contribution in [1.82, 2.24) is 10.2 Å². The molecule has 1 atom stereocenters. The normalized spacial score (nSPS) is 26.1. The third kappa shape index (κ3) is 3.58. The lowest BCUT2D eigenvalue weighted by atomic mass is 9.89. The first-order chi connectivity index (χ1) is 9.59. The van der Waals surface area contributed by atoms with Crippen molar-refractivity contribution < 1.29 is 14.0 Å². The van der Waals surface area contributed by atoms with E-state index in [0.29, 0.717) is 19.5 Å². The molecule has 2 rings (SSSR count). The highest BCUT2D eigenvalue weighted by atomic mass is 19.1. The number of allylic oxidation sites excluding steroid dienone is 1. The fourth-order valence-electron chi connectivity index (χ4n) is 2.94. The Labute approximate surface area is 119 Å². The summed E-state index contributed by atoms with van der Waals surface area (Å²) in [5.41, 5.74) is 0. The smallest absolute Gasteiger partial charge is 0.282 e. The summed E-state index contributed by atoms with van der Waals surface area (Å²) in [6, 6.07) is -0.601. The molecule has 1 aliphatic carbocycles. The van der Waals surface area contributed by atoms with Crippen molar-refractivity contribution >= 4 is 11.8 Å². The largest absolute Gasteiger partial charge is 0.354 e. The first-order valence-corrected chi connectivity index (χ1v) is 7.55. The van der Waals surface area contributed by atoms with E-state index in [1.54, 1.807) is 6.92 Å². The minimum atomic E-state index is -0.696. The Kier molecular flexibility index (Phi) is 5.15. The molecule has 0 aromatic rings. The van der Waals surface area contributed by atoms with E-state index in [0.717, 1.165) is 25.7 Å². The van der Waals surface area contributed by atoms with Crippen LogP contribution in [0.5, 0.6) is 0 Å². The summed E-state index contributed by atoms with van der Waals surface area (Å²) in [5.74, 6) is -1.37. The third-order valence-electron chi connectivity index (χ3n) is 4.22. The molecule has 0 radical (unpaired) electrons. The zero-order valence-corrected chi connectivity index (χ0v) is 12.0. The molecule has 0 spiro atoms. The molecule has 2 amide bonds. The zero-order chi connectivity index (χ0) is 14.5. The Bertz CT molecular complexity index is 403. The minimum absolute atomic E-state index is 0.170. The molecule has 5 heteroatoms. The maximum absolute atomic E-state index is 14.1. The number of carbonyl (C=O) groups is 2. The predicted octanol–water partition coefficient (Wildman–Crippen LogP) is 2.16. The number of halogens is 1. The van der Waals surface area contributed by atoms with Crippen LogP contribution in [0.4, 0.5) is 4.39 Å². The summed E-state index contributed by atoms with van der Waals surface area (Å²) in [6.07, 6.45) is 7.45. The molecule has 20 heavy (non-hydrogen) atoms. The lowest BCUT2D eigenvalue weighted by Gasteiger charge is -2.25. The van der Waals surface area contributed by atoms with Crippen LogP contribution in [-0.2, 0) is 9.59 Å². The highest BCUT2D eigenvalue weighted by molar-refractivity contribution is 5.95. The maximum Gasteiger partial charge on any atom is 0.282 e. The highest BCUT2D eigenvalue weighted by Gasteiger charge is 2.30. The van der Waals surface area contributed by atoms with Crippen molar-refractivity contribution in [3.8, 4) is 0 Å². The molecule has 0 bridgehead atoms. The van der Waals surface area contributed by atoms with Gasteiger partial charge in [-0.15, -0.1) is 0 Å². The molecule has 1 heterocycles. The summed E-state index contributed by atoms with van der Waals surface area (Å²) in [5, 5.41) is 2.72. The fraction of sp³-hybridized carbons (Fsp3) is 0.733. The SMILES string of the molecule is C[C@H]1C(=O)NCCCN1C(=O)/C(F)=C\C1CCCCC1. The molecule has 0 aromatic carbocycles. The van der Waals surface area contributed by atoms with Gasteiger partial charge in [0.2, 0.25) is 5.91 Å². The van der Waals surface area contributed by atoms with Crippen LogP contribution in [0.25, 0.3) is 0 Å². The van der Waals surface area contributed by atoms with E-state index in [-0.39, 0.29) is 11.8 Å². The van der Waals surface area contributed by atoms with Gasteiger partial charge < -0.3 is 10.2 Å². The van der Waals surface area contributed by atoms with E-state index in [9.17, 15) is 14.0 Å². The quantitative estimate of drug-likeness (QED) is 0.789. The van der Waals surface area contributed by atoms with Crippen molar-refractivity contribution in [2.24, 2.45) is 5.92 Å². The van der Waals surface area contributed by atoms with E-state index in [1.165, 1.54) is 17.4 Å². The van der Waals surface area contributed by atoms with Gasteiger partial charge in [0.15, 0.2) is 5.83 Å². The molecular weight excluding hydrogens is 259 g/mol. The second-order valence-electron chi connectivity index (χ2n) is 5.73. The molecule has 4 nitrogen and oxygen atoms in total. The van der Waals surface area contributed by atoms with Gasteiger partial charge in [-0.2, -0.15) is 0 Å². The topological polar surface area (TPSA) is 49.4 Å². The van der Waals surface area contributed by atoms with Crippen LogP contribution in [0, 0.1) is 5.92 Å². The van der Waals surface area contributed by atoms with Crippen molar-refractivity contribution in [3.05, 3.63) is 11.9 Å².